The summed E-state index contributed by atoms with van der Waals surface area (Å²) in [6.07, 6.45) is -2.64. The van der Waals surface area contributed by atoms with Crippen molar-refractivity contribution in [3.63, 3.8) is 0 Å². The second-order valence-electron chi connectivity index (χ2n) is 7.12. The molecule has 1 aromatic heterocycles. The van der Waals surface area contributed by atoms with Gasteiger partial charge >= 0.3 is 6.18 Å². The molecule has 1 aliphatic rings. The highest BCUT2D eigenvalue weighted by atomic mass is 19.4. The second-order valence-corrected chi connectivity index (χ2v) is 7.12. The van der Waals surface area contributed by atoms with E-state index in [1.807, 2.05) is 6.07 Å². The number of carbonyl (C=O) groups is 1. The Morgan fingerprint density at radius 2 is 1.97 bits per heavy atom. The molecule has 3 N–H and O–H groups in total. The van der Waals surface area contributed by atoms with Crippen LogP contribution in [-0.2, 0) is 15.7 Å². The predicted molar refractivity (Wildman–Crippen MR) is 108 cm³/mol. The van der Waals surface area contributed by atoms with Gasteiger partial charge in [0.25, 0.3) is 0 Å². The van der Waals surface area contributed by atoms with E-state index in [-0.39, 0.29) is 28.9 Å². The number of amides is 1. The molecule has 1 fully saturated rings. The van der Waals surface area contributed by atoms with E-state index in [9.17, 15) is 23.2 Å². The molecule has 2 heterocycles. The van der Waals surface area contributed by atoms with Crippen molar-refractivity contribution < 1.29 is 22.7 Å². The molecule has 2 aromatic rings. The average molecular weight is 434 g/mol. The molecule has 3 rings (SSSR count). The van der Waals surface area contributed by atoms with Gasteiger partial charge in [-0.05, 0) is 37.5 Å². The Morgan fingerprint density at radius 1 is 1.26 bits per heavy atom. The summed E-state index contributed by atoms with van der Waals surface area (Å²) in [6.45, 7) is 4.03. The molecule has 1 aromatic carbocycles. The van der Waals surface area contributed by atoms with Crippen LogP contribution in [0.1, 0.15) is 36.5 Å². The molecular formula is C20H21F3N6O2. The molecule has 8 nitrogen and oxygen atoms in total. The minimum absolute atomic E-state index is 0.0159. The Balaban J connectivity index is 2.01. The van der Waals surface area contributed by atoms with Crippen molar-refractivity contribution in [2.45, 2.75) is 38.9 Å². The number of hydrogen-bond donors (Lipinski definition) is 3. The fourth-order valence-corrected chi connectivity index (χ4v) is 3.13. The van der Waals surface area contributed by atoms with E-state index in [1.54, 1.807) is 6.92 Å². The first-order valence-corrected chi connectivity index (χ1v) is 9.55. The van der Waals surface area contributed by atoms with Crippen LogP contribution < -0.4 is 16.0 Å². The summed E-state index contributed by atoms with van der Waals surface area (Å²) in [5.74, 6) is -0.861. The van der Waals surface area contributed by atoms with Crippen LogP contribution in [-0.4, -0.2) is 35.1 Å². The summed E-state index contributed by atoms with van der Waals surface area (Å²) in [5.41, 5.74) is 0.0864. The number of hydrogen-bond acceptors (Lipinski definition) is 7. The summed E-state index contributed by atoms with van der Waals surface area (Å²) in [7, 11) is 0. The number of ether oxygens (including phenoxy) is 1. The molecule has 0 bridgehead atoms. The van der Waals surface area contributed by atoms with Crippen molar-refractivity contribution in [2.24, 2.45) is 0 Å². The zero-order valence-electron chi connectivity index (χ0n) is 16.9. The molecule has 31 heavy (non-hydrogen) atoms. The first-order valence-electron chi connectivity index (χ1n) is 9.55. The monoisotopic (exact) mass is 434 g/mol. The van der Waals surface area contributed by atoms with Crippen molar-refractivity contribution >= 4 is 29.0 Å². The maximum absolute atomic E-state index is 13.6. The van der Waals surface area contributed by atoms with Crippen molar-refractivity contribution in [3.8, 4) is 6.07 Å². The fraction of sp³-hybridized carbons (Fsp3) is 0.400. The van der Waals surface area contributed by atoms with Crippen molar-refractivity contribution in [2.75, 3.05) is 29.2 Å². The summed E-state index contributed by atoms with van der Waals surface area (Å²) < 4.78 is 46.0. The van der Waals surface area contributed by atoms with Crippen LogP contribution in [0.15, 0.2) is 18.3 Å². The Morgan fingerprint density at radius 3 is 2.58 bits per heavy atom. The summed E-state index contributed by atoms with van der Waals surface area (Å²) >= 11 is 0. The van der Waals surface area contributed by atoms with Gasteiger partial charge in [0.05, 0.1) is 23.0 Å². The molecule has 1 saturated heterocycles. The molecule has 11 heteroatoms. The standard InChI is InChI=1S/C20H21F3N6O2/c1-11-7-16(26-12(2)30)17(8-13(11)9-24)28-18-15(20(21,22)23)10-25-19(29-18)27-14-3-5-31-6-4-14/h7-8,10,14H,3-6H2,1-2H3,(H,26,30)(H2,25,27,28,29). The van der Waals surface area contributed by atoms with Gasteiger partial charge in [0.1, 0.15) is 11.4 Å². The summed E-state index contributed by atoms with van der Waals surface area (Å²) in [5, 5.41) is 17.5. The van der Waals surface area contributed by atoms with Gasteiger partial charge in [-0.3, -0.25) is 4.79 Å². The summed E-state index contributed by atoms with van der Waals surface area (Å²) in [6, 6.07) is 4.85. The van der Waals surface area contributed by atoms with Gasteiger partial charge in [-0.1, -0.05) is 0 Å². The zero-order chi connectivity index (χ0) is 22.6. The lowest BCUT2D eigenvalue weighted by molar-refractivity contribution is -0.137. The third-order valence-electron chi connectivity index (χ3n) is 4.70. The number of rotatable bonds is 5. The number of aromatic nitrogens is 2. The number of carbonyl (C=O) groups excluding carboxylic acids is 1. The number of nitriles is 1. The smallest absolute Gasteiger partial charge is 0.381 e. The molecule has 0 atom stereocenters. The SMILES string of the molecule is CC(=O)Nc1cc(C)c(C#N)cc1Nc1nc(NC2CCOCC2)ncc1C(F)(F)F. The van der Waals surface area contributed by atoms with Gasteiger partial charge in [-0.15, -0.1) is 0 Å². The first-order chi connectivity index (χ1) is 14.7. The van der Waals surface area contributed by atoms with Crippen molar-refractivity contribution in [1.29, 1.82) is 5.26 Å². The van der Waals surface area contributed by atoms with Gasteiger partial charge in [-0.25, -0.2) is 4.98 Å². The normalized spacial score (nSPS) is 14.6. The van der Waals surface area contributed by atoms with Gasteiger partial charge in [0.15, 0.2) is 0 Å². The highest BCUT2D eigenvalue weighted by Gasteiger charge is 2.35. The molecule has 0 radical (unpaired) electrons. The van der Waals surface area contributed by atoms with Gasteiger partial charge < -0.3 is 20.7 Å². The quantitative estimate of drug-likeness (QED) is 0.653. The molecular weight excluding hydrogens is 413 g/mol. The van der Waals surface area contributed by atoms with E-state index in [4.69, 9.17) is 4.74 Å². The molecule has 1 amide bonds. The van der Waals surface area contributed by atoms with Crippen LogP contribution in [0.5, 0.6) is 0 Å². The molecule has 0 aliphatic carbocycles. The molecule has 0 saturated carbocycles. The van der Waals surface area contributed by atoms with E-state index >= 15 is 0 Å². The van der Waals surface area contributed by atoms with Crippen LogP contribution >= 0.6 is 0 Å². The lowest BCUT2D eigenvalue weighted by Crippen LogP contribution is -2.29. The first kappa shape index (κ1) is 22.3. The minimum atomic E-state index is -4.71. The van der Waals surface area contributed by atoms with Gasteiger partial charge in [-0.2, -0.15) is 23.4 Å². The Hall–Kier alpha value is -3.39. The number of anilines is 4. The number of nitrogens with one attached hydrogen (secondary N) is 3. The Kier molecular flexibility index (Phi) is 6.60. The van der Waals surface area contributed by atoms with Crippen molar-refractivity contribution in [3.05, 3.63) is 35.0 Å². The number of benzene rings is 1. The maximum Gasteiger partial charge on any atom is 0.421 e. The summed E-state index contributed by atoms with van der Waals surface area (Å²) in [4.78, 5) is 19.4. The van der Waals surface area contributed by atoms with Crippen LogP contribution in [0.2, 0.25) is 0 Å². The third kappa shape index (κ3) is 5.61. The van der Waals surface area contributed by atoms with E-state index in [0.717, 1.165) is 0 Å². The van der Waals surface area contributed by atoms with E-state index in [2.05, 4.69) is 25.9 Å². The van der Waals surface area contributed by atoms with Crippen LogP contribution in [0.3, 0.4) is 0 Å². The van der Waals surface area contributed by atoms with E-state index in [0.29, 0.717) is 37.8 Å². The predicted octanol–water partition coefficient (Wildman–Crippen LogP) is 3.97. The van der Waals surface area contributed by atoms with Crippen LogP contribution in [0.25, 0.3) is 0 Å². The minimum Gasteiger partial charge on any atom is -0.381 e. The van der Waals surface area contributed by atoms with E-state index in [1.165, 1.54) is 19.1 Å². The number of halogens is 3. The van der Waals surface area contributed by atoms with E-state index < -0.39 is 23.5 Å². The average Bonchev–Trinajstić information content (AvgIpc) is 2.69. The lowest BCUT2D eigenvalue weighted by Gasteiger charge is -2.24. The maximum atomic E-state index is 13.6. The lowest BCUT2D eigenvalue weighted by atomic mass is 10.1. The molecule has 0 unspecified atom stereocenters. The highest BCUT2D eigenvalue weighted by molar-refractivity contribution is 5.94. The van der Waals surface area contributed by atoms with Gasteiger partial charge in [0.2, 0.25) is 11.9 Å². The molecule has 164 valence electrons. The number of alkyl halides is 3. The number of aryl methyl sites for hydroxylation is 1. The third-order valence-corrected chi connectivity index (χ3v) is 4.70. The number of nitrogens with zero attached hydrogens (tertiary/aromatic N) is 3. The molecule has 0 spiro atoms. The molecule has 1 aliphatic heterocycles. The highest BCUT2D eigenvalue weighted by Crippen LogP contribution is 2.37. The Labute approximate surface area is 176 Å². The second kappa shape index (κ2) is 9.18. The van der Waals surface area contributed by atoms with Gasteiger partial charge in [0, 0.05) is 32.4 Å². The van der Waals surface area contributed by atoms with Crippen LogP contribution in [0.4, 0.5) is 36.3 Å². The van der Waals surface area contributed by atoms with Crippen molar-refractivity contribution in [1.82, 2.24) is 9.97 Å². The topological polar surface area (TPSA) is 112 Å². The fourth-order valence-electron chi connectivity index (χ4n) is 3.13. The Bertz CT molecular complexity index is 1010. The largest absolute Gasteiger partial charge is 0.421 e. The zero-order valence-corrected chi connectivity index (χ0v) is 16.9. The van der Waals surface area contributed by atoms with Crippen LogP contribution in [0, 0.1) is 18.3 Å².